The van der Waals surface area contributed by atoms with Crippen LogP contribution in [-0.4, -0.2) is 5.78 Å². The van der Waals surface area contributed by atoms with E-state index in [4.69, 9.17) is 9.15 Å². The van der Waals surface area contributed by atoms with Gasteiger partial charge in [-0.1, -0.05) is 81.6 Å². The number of ketones is 1. The summed E-state index contributed by atoms with van der Waals surface area (Å²) in [5, 5.41) is 13.7. The smallest absolute Gasteiger partial charge is 0.361 e. The van der Waals surface area contributed by atoms with E-state index in [1.54, 1.807) is 12.2 Å². The molecule has 44 heavy (non-hydrogen) atoms. The molecule has 5 rings (SSSR count). The van der Waals surface area contributed by atoms with Crippen LogP contribution in [0.3, 0.4) is 0 Å². The van der Waals surface area contributed by atoms with Crippen LogP contribution in [0, 0.1) is 19.3 Å². The van der Waals surface area contributed by atoms with Gasteiger partial charge in [-0.15, -0.1) is 0 Å². The Balaban J connectivity index is 1.64. The summed E-state index contributed by atoms with van der Waals surface area (Å²) in [6, 6.07) is 19.8. The molecule has 3 aromatic rings. The van der Waals surface area contributed by atoms with Crippen LogP contribution in [0.1, 0.15) is 69.6 Å². The molecule has 2 aliphatic rings. The van der Waals surface area contributed by atoms with Gasteiger partial charge in [-0.3, -0.25) is 4.79 Å². The molecule has 0 saturated carbocycles. The van der Waals surface area contributed by atoms with Crippen molar-refractivity contribution in [2.75, 3.05) is 0 Å². The highest BCUT2D eigenvalue weighted by atomic mass is 16.5. The van der Waals surface area contributed by atoms with Crippen molar-refractivity contribution in [2.24, 2.45) is 5.41 Å². The fourth-order valence-corrected chi connectivity index (χ4v) is 5.29. The third kappa shape index (κ3) is 5.90. The normalized spacial score (nSPS) is 17.5. The third-order valence-corrected chi connectivity index (χ3v) is 7.95. The molecule has 0 fully saturated rings. The minimum absolute atomic E-state index is 0.142. The Morgan fingerprint density at radius 1 is 0.864 bits per heavy atom. The molecule has 1 aliphatic heterocycles. The zero-order valence-corrected chi connectivity index (χ0v) is 26.9. The molecule has 0 N–H and O–H groups in total. The number of aryl methyl sites for hydroxylation is 2. The summed E-state index contributed by atoms with van der Waals surface area (Å²) >= 11 is 0. The highest BCUT2D eigenvalue weighted by Crippen LogP contribution is 2.41. The van der Waals surface area contributed by atoms with Crippen LogP contribution in [0.15, 0.2) is 124 Å². The second-order valence-corrected chi connectivity index (χ2v) is 13.5. The van der Waals surface area contributed by atoms with Crippen molar-refractivity contribution in [3.63, 3.8) is 0 Å². The monoisotopic (exact) mass is 584 g/mol. The fraction of sp³-hybridized carbons (Fsp3) is 0.250. The highest BCUT2D eigenvalue weighted by Gasteiger charge is 2.34. The van der Waals surface area contributed by atoms with E-state index in [1.165, 1.54) is 0 Å². The molecule has 0 atom stereocenters. The lowest BCUT2D eigenvalue weighted by Crippen LogP contribution is -2.30. The number of carbonyl (C=O) groups excluding carboxylic acids is 1. The molecule has 0 saturated heterocycles. The van der Waals surface area contributed by atoms with Crippen LogP contribution in [0.25, 0.3) is 22.7 Å². The maximum absolute atomic E-state index is 13.7. The number of ether oxygens (including phenoxy) is 1. The number of hydrogen-bond acceptors (Lipinski definition) is 3. The average Bonchev–Trinajstić information content (AvgIpc) is 2.97. The number of allylic oxidation sites excluding steroid dienone is 9. The number of Topliss-reactive ketones (excluding diaryl/α,β-unsaturated/α-hetero) is 1. The number of hydrogen-bond donors (Lipinski definition) is 0. The summed E-state index contributed by atoms with van der Waals surface area (Å²) in [6.45, 7) is 20.5. The van der Waals surface area contributed by atoms with Gasteiger partial charge in [0.25, 0.3) is 0 Å². The topological polar surface area (TPSA) is 60.7 Å². The molecule has 2 aromatic carbocycles. The van der Waals surface area contributed by atoms with Gasteiger partial charge in [0.15, 0.2) is 5.78 Å². The average molecular weight is 585 g/mol. The quantitative estimate of drug-likeness (QED) is 0.222. The summed E-state index contributed by atoms with van der Waals surface area (Å²) in [6.07, 6.45) is 7.08. The number of benzene rings is 2. The third-order valence-electron chi connectivity index (χ3n) is 7.95. The molecule has 0 spiro atoms. The molecule has 1 aromatic heterocycles. The Hall–Kier alpha value is -4.70. The molecule has 2 heterocycles. The summed E-state index contributed by atoms with van der Waals surface area (Å²) in [7, 11) is 0. The Bertz CT molecular complexity index is 1840. The Kier molecular flexibility index (Phi) is 7.98. The van der Waals surface area contributed by atoms with Crippen LogP contribution in [-0.2, 0) is 14.9 Å². The first kappa shape index (κ1) is 30.7. The molecule has 4 heteroatoms. The first-order chi connectivity index (χ1) is 20.7. The maximum atomic E-state index is 13.7. The van der Waals surface area contributed by atoms with E-state index in [-0.39, 0.29) is 33.5 Å². The van der Waals surface area contributed by atoms with E-state index in [2.05, 4.69) is 48.1 Å². The van der Waals surface area contributed by atoms with E-state index >= 15 is 0 Å². The van der Waals surface area contributed by atoms with Gasteiger partial charge >= 0.3 is 11.5 Å². The van der Waals surface area contributed by atoms with E-state index in [9.17, 15) is 9.90 Å². The van der Waals surface area contributed by atoms with Crippen molar-refractivity contribution in [1.29, 1.82) is 0 Å². The Morgan fingerprint density at radius 3 is 2.02 bits per heavy atom. The van der Waals surface area contributed by atoms with E-state index < -0.39 is 0 Å². The SMILES string of the molecule is C=CC(=C1C(=O)C(C=C2C=C(c3ccccc3C)OC(C(C)(C)C)=C2)=C1[O-])c1cc(-c2ccccc2C)[o+]c(C(C)(C)C)c1. The zero-order chi connectivity index (χ0) is 32.0. The van der Waals surface area contributed by atoms with Gasteiger partial charge in [0.05, 0.1) is 17.0 Å². The first-order valence-corrected chi connectivity index (χ1v) is 15.0. The minimum atomic E-state index is -0.305. The minimum Gasteiger partial charge on any atom is -0.871 e. The standard InChI is InChI=1S/C40H40O4/c1-10-28(27-22-33(30-18-14-12-16-25(30)3)44-35(23-27)40(7,8)9)36-37(41)31(38(36)42)19-26-20-32(29-17-13-11-15-24(29)2)43-34(21-26)39(4,5)6/h10-23H,1H2,2-9H3. The predicted octanol–water partition coefficient (Wildman–Crippen LogP) is 9.21. The molecule has 0 unspecified atom stereocenters. The lowest BCUT2D eigenvalue weighted by Gasteiger charge is -2.32. The van der Waals surface area contributed by atoms with Crippen molar-refractivity contribution in [1.82, 2.24) is 0 Å². The van der Waals surface area contributed by atoms with Crippen LogP contribution in [0.4, 0.5) is 0 Å². The highest BCUT2D eigenvalue weighted by molar-refractivity contribution is 6.25. The van der Waals surface area contributed by atoms with E-state index in [0.29, 0.717) is 17.1 Å². The molecular formula is C40H40O4. The van der Waals surface area contributed by atoms with Crippen LogP contribution in [0.5, 0.6) is 0 Å². The van der Waals surface area contributed by atoms with Gasteiger partial charge in [0.1, 0.15) is 11.5 Å². The zero-order valence-electron chi connectivity index (χ0n) is 26.9. The van der Waals surface area contributed by atoms with Gasteiger partial charge < -0.3 is 9.84 Å². The molecule has 0 radical (unpaired) electrons. The molecule has 0 amide bonds. The van der Waals surface area contributed by atoms with Crippen molar-refractivity contribution < 1.29 is 19.1 Å². The van der Waals surface area contributed by atoms with Gasteiger partial charge in [0.2, 0.25) is 0 Å². The van der Waals surface area contributed by atoms with Crippen LogP contribution in [0.2, 0.25) is 0 Å². The number of rotatable bonds is 5. The predicted molar refractivity (Wildman–Crippen MR) is 177 cm³/mol. The molecular weight excluding hydrogens is 544 g/mol. The maximum Gasteiger partial charge on any atom is 0.361 e. The van der Waals surface area contributed by atoms with Gasteiger partial charge in [-0.2, -0.15) is 0 Å². The van der Waals surface area contributed by atoms with Crippen molar-refractivity contribution in [3.05, 3.63) is 148 Å². The van der Waals surface area contributed by atoms with Gasteiger partial charge in [-0.25, -0.2) is 4.42 Å². The molecule has 0 bridgehead atoms. The fourth-order valence-electron chi connectivity index (χ4n) is 5.29. The lowest BCUT2D eigenvalue weighted by molar-refractivity contribution is -0.300. The van der Waals surface area contributed by atoms with Crippen LogP contribution >= 0.6 is 0 Å². The summed E-state index contributed by atoms with van der Waals surface area (Å²) in [5.74, 6) is 2.28. The first-order valence-electron chi connectivity index (χ1n) is 15.0. The summed E-state index contributed by atoms with van der Waals surface area (Å²) in [4.78, 5) is 13.7. The van der Waals surface area contributed by atoms with Crippen molar-refractivity contribution >= 4 is 17.1 Å². The Labute approximate surface area is 261 Å². The van der Waals surface area contributed by atoms with Crippen molar-refractivity contribution in [3.8, 4) is 11.3 Å². The summed E-state index contributed by atoms with van der Waals surface area (Å²) in [5.41, 5.74) is 5.74. The molecule has 1 aliphatic carbocycles. The lowest BCUT2D eigenvalue weighted by atomic mass is 9.80. The van der Waals surface area contributed by atoms with E-state index in [1.807, 2.05) is 86.7 Å². The van der Waals surface area contributed by atoms with E-state index in [0.717, 1.165) is 44.9 Å². The Morgan fingerprint density at radius 2 is 1.48 bits per heavy atom. The summed E-state index contributed by atoms with van der Waals surface area (Å²) < 4.78 is 12.7. The van der Waals surface area contributed by atoms with Crippen molar-refractivity contribution in [2.45, 2.75) is 60.8 Å². The molecule has 224 valence electrons. The number of carbonyl (C=O) groups is 1. The second kappa shape index (κ2) is 11.4. The second-order valence-electron chi connectivity index (χ2n) is 13.5. The van der Waals surface area contributed by atoms with Crippen LogP contribution < -0.4 is 5.11 Å². The molecule has 4 nitrogen and oxygen atoms in total. The van der Waals surface area contributed by atoms with Gasteiger partial charge in [0, 0.05) is 33.8 Å². The van der Waals surface area contributed by atoms with Gasteiger partial charge in [-0.05, 0) is 81.2 Å². The largest absolute Gasteiger partial charge is 0.871 e.